The fourth-order valence-electron chi connectivity index (χ4n) is 3.73. The van der Waals surface area contributed by atoms with Gasteiger partial charge in [-0.2, -0.15) is 0 Å². The van der Waals surface area contributed by atoms with E-state index in [2.05, 4.69) is 5.32 Å². The lowest BCUT2D eigenvalue weighted by molar-refractivity contribution is -0.139. The molecule has 0 aliphatic carbocycles. The molecule has 0 aromatic heterocycles. The fraction of sp³-hybridized carbons (Fsp3) is 0.440. The van der Waals surface area contributed by atoms with Crippen molar-refractivity contribution in [3.05, 3.63) is 53.1 Å². The highest BCUT2D eigenvalue weighted by Crippen LogP contribution is 2.35. The second kappa shape index (κ2) is 11.8. The molecule has 3 rings (SSSR count). The second-order valence-electron chi connectivity index (χ2n) is 8.73. The number of fused-ring (bicyclic) bond motifs is 1. The maximum atomic E-state index is 13.7. The smallest absolute Gasteiger partial charge is 0.244 e. The molecule has 1 aliphatic rings. The molecule has 0 bridgehead atoms. The number of rotatable bonds is 10. The zero-order valence-corrected chi connectivity index (χ0v) is 22.4. The minimum absolute atomic E-state index is 0.0766. The van der Waals surface area contributed by atoms with Gasteiger partial charge in [0.15, 0.2) is 11.5 Å². The van der Waals surface area contributed by atoms with Crippen LogP contribution in [0, 0.1) is 0 Å². The van der Waals surface area contributed by atoms with E-state index in [-0.39, 0.29) is 29.9 Å². The van der Waals surface area contributed by atoms with Gasteiger partial charge in [-0.05, 0) is 57.5 Å². The van der Waals surface area contributed by atoms with Gasteiger partial charge in [0.05, 0.1) is 11.4 Å². The summed E-state index contributed by atoms with van der Waals surface area (Å²) in [5.41, 5.74) is 0.987. The minimum atomic E-state index is -3.85. The van der Waals surface area contributed by atoms with E-state index in [1.807, 2.05) is 13.8 Å². The predicted octanol–water partition coefficient (Wildman–Crippen LogP) is 3.21. The van der Waals surface area contributed by atoms with Crippen molar-refractivity contribution in [3.8, 4) is 11.5 Å². The molecule has 0 spiro atoms. The summed E-state index contributed by atoms with van der Waals surface area (Å²) in [5, 5.41) is 3.31. The third kappa shape index (κ3) is 6.82. The molecule has 2 amide bonds. The van der Waals surface area contributed by atoms with E-state index in [9.17, 15) is 18.0 Å². The molecule has 1 atom stereocenters. The van der Waals surface area contributed by atoms with Crippen LogP contribution in [0.25, 0.3) is 0 Å². The molecule has 9 nitrogen and oxygen atoms in total. The molecule has 0 unspecified atom stereocenters. The number of benzene rings is 2. The summed E-state index contributed by atoms with van der Waals surface area (Å²) in [6, 6.07) is 10.7. The number of hydrogen-bond acceptors (Lipinski definition) is 6. The van der Waals surface area contributed by atoms with Crippen molar-refractivity contribution < 1.29 is 27.5 Å². The van der Waals surface area contributed by atoms with E-state index in [4.69, 9.17) is 21.1 Å². The van der Waals surface area contributed by atoms with E-state index < -0.39 is 28.5 Å². The van der Waals surface area contributed by atoms with E-state index in [1.165, 1.54) is 11.8 Å². The van der Waals surface area contributed by atoms with Crippen LogP contribution in [-0.4, -0.2) is 62.7 Å². The predicted molar refractivity (Wildman–Crippen MR) is 139 cm³/mol. The van der Waals surface area contributed by atoms with Crippen LogP contribution >= 0.6 is 11.6 Å². The first-order valence-electron chi connectivity index (χ1n) is 11.8. The largest absolute Gasteiger partial charge is 0.486 e. The molecule has 1 aliphatic heterocycles. The van der Waals surface area contributed by atoms with Gasteiger partial charge in [0.1, 0.15) is 25.8 Å². The van der Waals surface area contributed by atoms with E-state index in [0.29, 0.717) is 35.3 Å². The van der Waals surface area contributed by atoms with Gasteiger partial charge < -0.3 is 19.7 Å². The molecular weight excluding hydrogens is 506 g/mol. The molecular formula is C25H32ClN3O6S. The Morgan fingerprint density at radius 2 is 1.75 bits per heavy atom. The summed E-state index contributed by atoms with van der Waals surface area (Å²) >= 11 is 6.13. The van der Waals surface area contributed by atoms with Gasteiger partial charge in [-0.3, -0.25) is 13.9 Å². The van der Waals surface area contributed by atoms with Gasteiger partial charge in [-0.25, -0.2) is 8.42 Å². The number of carbonyl (C=O) groups is 2. The van der Waals surface area contributed by atoms with Crippen LogP contribution in [0.2, 0.25) is 5.02 Å². The van der Waals surface area contributed by atoms with Crippen molar-refractivity contribution in [1.82, 2.24) is 10.2 Å². The number of ether oxygens (including phenoxy) is 2. The first kappa shape index (κ1) is 27.6. The van der Waals surface area contributed by atoms with Gasteiger partial charge in [-0.1, -0.05) is 23.7 Å². The first-order valence-corrected chi connectivity index (χ1v) is 13.7. The summed E-state index contributed by atoms with van der Waals surface area (Å²) in [6.45, 7) is 7.10. The number of carbonyl (C=O) groups excluding carboxylic acids is 2. The zero-order valence-electron chi connectivity index (χ0n) is 20.9. The molecule has 1 heterocycles. The number of sulfonamides is 1. The SMILES string of the molecule is CCS(=O)(=O)N(CC(=O)N(Cc1cccc(Cl)c1)[C@H](C)C(=O)NC(C)C)c1ccc2c(c1)OCCO2. The number of hydrogen-bond donors (Lipinski definition) is 1. The monoisotopic (exact) mass is 537 g/mol. The van der Waals surface area contributed by atoms with Crippen LogP contribution in [-0.2, 0) is 26.2 Å². The molecule has 0 fully saturated rings. The maximum absolute atomic E-state index is 13.7. The highest BCUT2D eigenvalue weighted by atomic mass is 35.5. The molecule has 36 heavy (non-hydrogen) atoms. The molecule has 2 aromatic rings. The highest BCUT2D eigenvalue weighted by Gasteiger charge is 2.31. The van der Waals surface area contributed by atoms with E-state index >= 15 is 0 Å². The average molecular weight is 538 g/mol. The second-order valence-corrected chi connectivity index (χ2v) is 11.3. The van der Waals surface area contributed by atoms with Crippen LogP contribution in [0.4, 0.5) is 5.69 Å². The third-order valence-electron chi connectivity index (χ3n) is 5.63. The van der Waals surface area contributed by atoms with Crippen molar-refractivity contribution in [2.24, 2.45) is 0 Å². The fourth-order valence-corrected chi connectivity index (χ4v) is 4.99. The highest BCUT2D eigenvalue weighted by molar-refractivity contribution is 7.92. The topological polar surface area (TPSA) is 105 Å². The van der Waals surface area contributed by atoms with Gasteiger partial charge >= 0.3 is 0 Å². The Labute approximate surface area is 217 Å². The lowest BCUT2D eigenvalue weighted by Gasteiger charge is -2.32. The van der Waals surface area contributed by atoms with Crippen molar-refractivity contribution in [2.75, 3.05) is 29.8 Å². The Bertz CT molecular complexity index is 1200. The third-order valence-corrected chi connectivity index (χ3v) is 7.61. The van der Waals surface area contributed by atoms with Crippen LogP contribution in [0.5, 0.6) is 11.5 Å². The molecule has 196 valence electrons. The Balaban J connectivity index is 1.95. The number of nitrogens with zero attached hydrogens (tertiary/aromatic N) is 2. The van der Waals surface area contributed by atoms with Crippen LogP contribution in [0.15, 0.2) is 42.5 Å². The van der Waals surface area contributed by atoms with Crippen LogP contribution in [0.1, 0.15) is 33.3 Å². The number of nitrogens with one attached hydrogen (secondary N) is 1. The molecule has 1 N–H and O–H groups in total. The van der Waals surface area contributed by atoms with Crippen molar-refractivity contribution in [2.45, 2.75) is 46.3 Å². The molecule has 0 saturated carbocycles. The first-order chi connectivity index (χ1) is 17.0. The molecule has 0 radical (unpaired) electrons. The standard InChI is InChI=1S/C25H32ClN3O6S/c1-5-36(32,33)29(21-9-10-22-23(14-21)35-12-11-34-22)16-24(30)28(18(4)25(31)27-17(2)3)15-19-7-6-8-20(26)13-19/h6-10,13-14,17-18H,5,11-12,15-16H2,1-4H3,(H,27,31)/t18-/m1/s1. The van der Waals surface area contributed by atoms with Crippen molar-refractivity contribution in [3.63, 3.8) is 0 Å². The number of amides is 2. The van der Waals surface area contributed by atoms with Gasteiger partial charge in [-0.15, -0.1) is 0 Å². The van der Waals surface area contributed by atoms with Gasteiger partial charge in [0, 0.05) is 23.7 Å². The van der Waals surface area contributed by atoms with Crippen LogP contribution < -0.4 is 19.1 Å². The summed E-state index contributed by atoms with van der Waals surface area (Å²) in [6.07, 6.45) is 0. The normalized spacial score (nSPS) is 13.7. The van der Waals surface area contributed by atoms with E-state index in [1.54, 1.807) is 49.4 Å². The summed E-state index contributed by atoms with van der Waals surface area (Å²) in [5.74, 6) is -0.181. The number of halogens is 1. The minimum Gasteiger partial charge on any atom is -0.486 e. The average Bonchev–Trinajstić information content (AvgIpc) is 2.84. The van der Waals surface area contributed by atoms with Gasteiger partial charge in [0.25, 0.3) is 0 Å². The lowest BCUT2D eigenvalue weighted by Crippen LogP contribution is -2.52. The summed E-state index contributed by atoms with van der Waals surface area (Å²) in [7, 11) is -3.85. The lowest BCUT2D eigenvalue weighted by atomic mass is 10.1. The zero-order chi connectivity index (χ0) is 26.5. The quantitative estimate of drug-likeness (QED) is 0.499. The molecule has 2 aromatic carbocycles. The Hall–Kier alpha value is -2.98. The molecule has 0 saturated heterocycles. The molecule has 11 heteroatoms. The van der Waals surface area contributed by atoms with Crippen LogP contribution in [0.3, 0.4) is 0 Å². The van der Waals surface area contributed by atoms with E-state index in [0.717, 1.165) is 4.31 Å². The summed E-state index contributed by atoms with van der Waals surface area (Å²) in [4.78, 5) is 27.8. The number of anilines is 1. The van der Waals surface area contributed by atoms with Gasteiger partial charge in [0.2, 0.25) is 21.8 Å². The van der Waals surface area contributed by atoms with Crippen molar-refractivity contribution >= 4 is 39.1 Å². The summed E-state index contributed by atoms with van der Waals surface area (Å²) < 4.78 is 38.3. The Kier molecular flexibility index (Phi) is 9.08. The Morgan fingerprint density at radius 3 is 2.39 bits per heavy atom. The van der Waals surface area contributed by atoms with Crippen molar-refractivity contribution in [1.29, 1.82) is 0 Å². The maximum Gasteiger partial charge on any atom is 0.244 e. The Morgan fingerprint density at radius 1 is 1.06 bits per heavy atom.